The molecule has 70 valence electrons. The van der Waals surface area contributed by atoms with Crippen molar-refractivity contribution >= 4 is 5.84 Å². The van der Waals surface area contributed by atoms with Crippen molar-refractivity contribution in [1.82, 2.24) is 5.32 Å². The molecule has 1 heterocycles. The highest BCUT2D eigenvalue weighted by atomic mass is 15.2. The molecule has 0 spiro atoms. The fourth-order valence-electron chi connectivity index (χ4n) is 1.22. The smallest absolute Gasteiger partial charge is 0.100 e. The molecule has 2 heteroatoms. The van der Waals surface area contributed by atoms with Crippen LogP contribution in [0.3, 0.4) is 0 Å². The molecule has 0 aromatic heterocycles. The van der Waals surface area contributed by atoms with E-state index in [4.69, 9.17) is 0 Å². The summed E-state index contributed by atoms with van der Waals surface area (Å²) >= 11 is 0. The Morgan fingerprint density at radius 2 is 1.67 bits per heavy atom. The van der Waals surface area contributed by atoms with Crippen LogP contribution < -0.4 is 5.32 Å². The molecule has 1 aliphatic rings. The second kappa shape index (κ2) is 2.48. The second-order valence-corrected chi connectivity index (χ2v) is 4.96. The summed E-state index contributed by atoms with van der Waals surface area (Å²) in [5.41, 5.74) is 0.110. The van der Waals surface area contributed by atoms with Gasteiger partial charge < -0.3 is 5.32 Å². The third-order valence-electron chi connectivity index (χ3n) is 2.92. The molecule has 0 aliphatic carbocycles. The third-order valence-corrected chi connectivity index (χ3v) is 2.92. The Morgan fingerprint density at radius 1 is 1.17 bits per heavy atom. The van der Waals surface area contributed by atoms with Crippen LogP contribution in [-0.2, 0) is 0 Å². The van der Waals surface area contributed by atoms with E-state index in [1.807, 2.05) is 0 Å². The Kier molecular flexibility index (Phi) is 1.97. The Balaban J connectivity index is 2.90. The van der Waals surface area contributed by atoms with E-state index in [1.54, 1.807) is 0 Å². The van der Waals surface area contributed by atoms with E-state index in [2.05, 4.69) is 51.9 Å². The van der Waals surface area contributed by atoms with Gasteiger partial charge in [-0.15, -0.1) is 0 Å². The second-order valence-electron chi connectivity index (χ2n) is 4.96. The summed E-state index contributed by atoms with van der Waals surface area (Å²) in [4.78, 5) is 4.68. The van der Waals surface area contributed by atoms with Gasteiger partial charge in [0.15, 0.2) is 0 Å². The predicted molar refractivity (Wildman–Crippen MR) is 53.6 cm³/mol. The van der Waals surface area contributed by atoms with Gasteiger partial charge in [0.25, 0.3) is 0 Å². The van der Waals surface area contributed by atoms with Crippen LogP contribution in [0.5, 0.6) is 0 Å². The lowest BCUT2D eigenvalue weighted by atomic mass is 9.85. The van der Waals surface area contributed by atoms with Gasteiger partial charge in [0.05, 0.1) is 11.1 Å². The molecule has 0 unspecified atom stereocenters. The number of nitrogens with one attached hydrogen (secondary N) is 1. The van der Waals surface area contributed by atoms with Gasteiger partial charge in [0.1, 0.15) is 5.84 Å². The van der Waals surface area contributed by atoms with Crippen molar-refractivity contribution < 1.29 is 0 Å². The van der Waals surface area contributed by atoms with E-state index in [9.17, 15) is 0 Å². The van der Waals surface area contributed by atoms with Crippen molar-refractivity contribution in [1.29, 1.82) is 0 Å². The molecule has 0 saturated carbocycles. The first-order chi connectivity index (χ1) is 5.26. The predicted octanol–water partition coefficient (Wildman–Crippen LogP) is 2.20. The van der Waals surface area contributed by atoms with E-state index in [0.717, 1.165) is 5.84 Å². The normalized spacial score (nSPS) is 25.4. The fourth-order valence-corrected chi connectivity index (χ4v) is 1.22. The maximum atomic E-state index is 4.68. The van der Waals surface area contributed by atoms with Gasteiger partial charge in [-0.2, -0.15) is 0 Å². The molecule has 0 aromatic rings. The molecule has 0 amide bonds. The molecule has 0 atom stereocenters. The van der Waals surface area contributed by atoms with Crippen molar-refractivity contribution in [2.24, 2.45) is 10.9 Å². The maximum absolute atomic E-state index is 4.68. The van der Waals surface area contributed by atoms with Gasteiger partial charge >= 0.3 is 0 Å². The summed E-state index contributed by atoms with van der Waals surface area (Å²) in [7, 11) is 0. The number of amidine groups is 1. The Hall–Kier alpha value is -0.530. The minimum Gasteiger partial charge on any atom is -0.366 e. The lowest BCUT2D eigenvalue weighted by molar-refractivity contribution is 0.309. The SMILES string of the molecule is CC(C)C1=NC(C)(C)C(C)(C)N1. The molecular formula is C10H20N2. The van der Waals surface area contributed by atoms with Crippen LogP contribution in [0.25, 0.3) is 0 Å². The molecule has 0 saturated heterocycles. The van der Waals surface area contributed by atoms with Crippen molar-refractivity contribution in [3.63, 3.8) is 0 Å². The topological polar surface area (TPSA) is 24.4 Å². The first-order valence-electron chi connectivity index (χ1n) is 4.64. The van der Waals surface area contributed by atoms with Crippen LogP contribution in [0.2, 0.25) is 0 Å². The molecule has 2 nitrogen and oxygen atoms in total. The number of hydrogen-bond acceptors (Lipinski definition) is 2. The van der Waals surface area contributed by atoms with Crippen molar-refractivity contribution in [2.75, 3.05) is 0 Å². The number of hydrogen-bond donors (Lipinski definition) is 1. The summed E-state index contributed by atoms with van der Waals surface area (Å²) in [5.74, 6) is 1.65. The van der Waals surface area contributed by atoms with Crippen LogP contribution >= 0.6 is 0 Å². The van der Waals surface area contributed by atoms with Crippen LogP contribution in [0.4, 0.5) is 0 Å². The molecular weight excluding hydrogens is 148 g/mol. The van der Waals surface area contributed by atoms with Crippen LogP contribution in [0.15, 0.2) is 4.99 Å². The van der Waals surface area contributed by atoms with Gasteiger partial charge in [0.2, 0.25) is 0 Å². The molecule has 0 bridgehead atoms. The first-order valence-corrected chi connectivity index (χ1v) is 4.64. The van der Waals surface area contributed by atoms with Gasteiger partial charge in [0, 0.05) is 5.92 Å². The molecule has 0 fully saturated rings. The number of nitrogens with zero attached hydrogens (tertiary/aromatic N) is 1. The van der Waals surface area contributed by atoms with Crippen molar-refractivity contribution in [3.05, 3.63) is 0 Å². The van der Waals surface area contributed by atoms with Gasteiger partial charge in [-0.05, 0) is 27.7 Å². The zero-order valence-electron chi connectivity index (χ0n) is 9.02. The first kappa shape index (κ1) is 9.56. The highest BCUT2D eigenvalue weighted by Crippen LogP contribution is 2.31. The summed E-state index contributed by atoms with van der Waals surface area (Å²) in [5, 5.41) is 3.47. The quantitative estimate of drug-likeness (QED) is 0.637. The van der Waals surface area contributed by atoms with Gasteiger partial charge in [-0.25, -0.2) is 0 Å². The molecule has 1 rings (SSSR count). The average molecular weight is 168 g/mol. The summed E-state index contributed by atoms with van der Waals surface area (Å²) in [6.45, 7) is 13.1. The van der Waals surface area contributed by atoms with Crippen molar-refractivity contribution in [2.45, 2.75) is 52.6 Å². The lowest BCUT2D eigenvalue weighted by Crippen LogP contribution is -2.50. The van der Waals surface area contributed by atoms with Crippen LogP contribution in [0.1, 0.15) is 41.5 Å². The molecule has 0 radical (unpaired) electrons. The zero-order chi connectivity index (χ0) is 9.57. The summed E-state index contributed by atoms with van der Waals surface area (Å²) < 4.78 is 0. The van der Waals surface area contributed by atoms with Crippen LogP contribution in [-0.4, -0.2) is 16.9 Å². The molecule has 1 N–H and O–H groups in total. The summed E-state index contributed by atoms with van der Waals surface area (Å²) in [6, 6.07) is 0. The van der Waals surface area contributed by atoms with E-state index in [1.165, 1.54) is 0 Å². The molecule has 1 aliphatic heterocycles. The minimum atomic E-state index is 0.0204. The Labute approximate surface area is 75.5 Å². The van der Waals surface area contributed by atoms with Gasteiger partial charge in [-0.3, -0.25) is 4.99 Å². The van der Waals surface area contributed by atoms with E-state index in [0.29, 0.717) is 5.92 Å². The molecule has 12 heavy (non-hydrogen) atoms. The largest absolute Gasteiger partial charge is 0.366 e. The van der Waals surface area contributed by atoms with Gasteiger partial charge in [-0.1, -0.05) is 13.8 Å². The monoisotopic (exact) mass is 168 g/mol. The number of aliphatic imine (C=N–C) groups is 1. The average Bonchev–Trinajstić information content (AvgIpc) is 2.03. The van der Waals surface area contributed by atoms with Crippen LogP contribution in [0, 0.1) is 5.92 Å². The fraction of sp³-hybridized carbons (Fsp3) is 0.900. The maximum Gasteiger partial charge on any atom is 0.100 e. The number of rotatable bonds is 1. The Morgan fingerprint density at radius 3 is 1.83 bits per heavy atom. The Bertz CT molecular complexity index is 212. The standard InChI is InChI=1S/C10H20N2/c1-7(2)8-11-9(3,4)10(5,6)12-8/h7H,1-6H3,(H,11,12). The minimum absolute atomic E-state index is 0.0204. The van der Waals surface area contributed by atoms with Crippen molar-refractivity contribution in [3.8, 4) is 0 Å². The summed E-state index contributed by atoms with van der Waals surface area (Å²) in [6.07, 6.45) is 0. The highest BCUT2D eigenvalue weighted by Gasteiger charge is 2.42. The van der Waals surface area contributed by atoms with E-state index in [-0.39, 0.29) is 11.1 Å². The molecule has 0 aromatic carbocycles. The third kappa shape index (κ3) is 1.35. The van der Waals surface area contributed by atoms with E-state index >= 15 is 0 Å². The highest BCUT2D eigenvalue weighted by molar-refractivity contribution is 5.87. The zero-order valence-corrected chi connectivity index (χ0v) is 9.02. The van der Waals surface area contributed by atoms with E-state index < -0.39 is 0 Å². The lowest BCUT2D eigenvalue weighted by Gasteiger charge is -2.32.